The molecule has 0 heterocycles. The van der Waals surface area contributed by atoms with Crippen LogP contribution in [-0.2, 0) is 6.54 Å². The summed E-state index contributed by atoms with van der Waals surface area (Å²) in [6.45, 7) is 3.03. The van der Waals surface area contributed by atoms with Crippen molar-refractivity contribution < 1.29 is 5.11 Å². The Labute approximate surface area is 97.4 Å². The molecule has 0 saturated carbocycles. The van der Waals surface area contributed by atoms with E-state index in [0.29, 0.717) is 13.1 Å². The number of hydrogen-bond acceptors (Lipinski definition) is 2. The van der Waals surface area contributed by atoms with Gasteiger partial charge >= 0.3 is 0 Å². The molecule has 2 nitrogen and oxygen atoms in total. The first-order valence-electron chi connectivity index (χ1n) is 4.42. The molecule has 2 N–H and O–H groups in total. The zero-order valence-electron chi connectivity index (χ0n) is 7.93. The Kier molecular flexibility index (Phi) is 4.89. The third kappa shape index (κ3) is 3.96. The number of hydrogen-bond donors (Lipinski definition) is 2. The zero-order chi connectivity index (χ0) is 10.6. The minimum Gasteiger partial charge on any atom is -0.392 e. The Morgan fingerprint density at radius 1 is 1.57 bits per heavy atom. The normalized spacial score (nSPS) is 12.9. The van der Waals surface area contributed by atoms with Crippen molar-refractivity contribution in [2.75, 3.05) is 6.54 Å². The minimum atomic E-state index is -0.326. The predicted molar refractivity (Wildman–Crippen MR) is 62.5 cm³/mol. The topological polar surface area (TPSA) is 32.3 Å². The molecular weight excluding hydrogens is 265 g/mol. The van der Waals surface area contributed by atoms with Crippen molar-refractivity contribution in [2.45, 2.75) is 19.6 Å². The largest absolute Gasteiger partial charge is 0.392 e. The molecule has 4 heteroatoms. The van der Waals surface area contributed by atoms with Crippen molar-refractivity contribution in [3.63, 3.8) is 0 Å². The molecule has 78 valence electrons. The summed E-state index contributed by atoms with van der Waals surface area (Å²) in [5.41, 5.74) is 1.10. The van der Waals surface area contributed by atoms with Crippen LogP contribution < -0.4 is 5.32 Å². The first-order chi connectivity index (χ1) is 6.59. The van der Waals surface area contributed by atoms with Crippen LogP contribution in [0.5, 0.6) is 0 Å². The number of aliphatic hydroxyl groups excluding tert-OH is 1. The van der Waals surface area contributed by atoms with Gasteiger partial charge in [0.1, 0.15) is 0 Å². The third-order valence-corrected chi connectivity index (χ3v) is 2.77. The standard InChI is InChI=1S/C10H13BrClNO/c1-7(14)5-13-6-8-4-9(12)2-3-10(8)11/h2-4,7,13-14H,5-6H2,1H3/t7-/m0/s1. The van der Waals surface area contributed by atoms with Crippen molar-refractivity contribution in [1.29, 1.82) is 0 Å². The maximum Gasteiger partial charge on any atom is 0.0636 e. The molecule has 1 rings (SSSR count). The van der Waals surface area contributed by atoms with Crippen LogP contribution in [0.15, 0.2) is 22.7 Å². The van der Waals surface area contributed by atoms with E-state index in [9.17, 15) is 0 Å². The third-order valence-electron chi connectivity index (χ3n) is 1.76. The highest BCUT2D eigenvalue weighted by atomic mass is 79.9. The quantitative estimate of drug-likeness (QED) is 0.887. The average molecular weight is 279 g/mol. The van der Waals surface area contributed by atoms with Gasteiger partial charge in [-0.1, -0.05) is 27.5 Å². The van der Waals surface area contributed by atoms with Crippen molar-refractivity contribution >= 4 is 27.5 Å². The van der Waals surface area contributed by atoms with Gasteiger partial charge in [-0.15, -0.1) is 0 Å². The molecule has 0 aliphatic heterocycles. The van der Waals surface area contributed by atoms with Crippen LogP contribution in [0.4, 0.5) is 0 Å². The number of benzene rings is 1. The van der Waals surface area contributed by atoms with Crippen molar-refractivity contribution in [3.8, 4) is 0 Å². The summed E-state index contributed by atoms with van der Waals surface area (Å²) in [4.78, 5) is 0. The van der Waals surface area contributed by atoms with Gasteiger partial charge in [-0.05, 0) is 30.7 Å². The number of halogens is 2. The molecular formula is C10H13BrClNO. The van der Waals surface area contributed by atoms with E-state index < -0.39 is 0 Å². The lowest BCUT2D eigenvalue weighted by molar-refractivity contribution is 0.191. The molecule has 0 radical (unpaired) electrons. The van der Waals surface area contributed by atoms with Crippen molar-refractivity contribution in [2.24, 2.45) is 0 Å². The molecule has 14 heavy (non-hydrogen) atoms. The second-order valence-corrected chi connectivity index (χ2v) is 4.51. The van der Waals surface area contributed by atoms with E-state index >= 15 is 0 Å². The van der Waals surface area contributed by atoms with Crippen molar-refractivity contribution in [3.05, 3.63) is 33.3 Å². The van der Waals surface area contributed by atoms with E-state index in [1.807, 2.05) is 18.2 Å². The van der Waals surface area contributed by atoms with Crippen LogP contribution in [-0.4, -0.2) is 17.8 Å². The van der Waals surface area contributed by atoms with E-state index in [2.05, 4.69) is 21.2 Å². The molecule has 0 saturated heterocycles. The highest BCUT2D eigenvalue weighted by molar-refractivity contribution is 9.10. The summed E-state index contributed by atoms with van der Waals surface area (Å²) < 4.78 is 1.03. The fraction of sp³-hybridized carbons (Fsp3) is 0.400. The minimum absolute atomic E-state index is 0.326. The summed E-state index contributed by atoms with van der Waals surface area (Å²) in [7, 11) is 0. The Morgan fingerprint density at radius 3 is 2.93 bits per heavy atom. The average Bonchev–Trinajstić information content (AvgIpc) is 2.10. The van der Waals surface area contributed by atoms with Crippen LogP contribution in [0.1, 0.15) is 12.5 Å². The molecule has 1 atom stereocenters. The molecule has 0 aromatic heterocycles. The number of aliphatic hydroxyl groups is 1. The Bertz CT molecular complexity index is 304. The van der Waals surface area contributed by atoms with Crippen molar-refractivity contribution in [1.82, 2.24) is 5.32 Å². The second-order valence-electron chi connectivity index (χ2n) is 3.22. The lowest BCUT2D eigenvalue weighted by Gasteiger charge is -2.08. The number of rotatable bonds is 4. The Balaban J connectivity index is 2.53. The predicted octanol–water partition coefficient (Wildman–Crippen LogP) is 2.57. The van der Waals surface area contributed by atoms with Gasteiger partial charge in [0.05, 0.1) is 6.10 Å². The van der Waals surface area contributed by atoms with E-state index in [1.54, 1.807) is 6.92 Å². The van der Waals surface area contributed by atoms with E-state index in [-0.39, 0.29) is 6.10 Å². The SMILES string of the molecule is C[C@H](O)CNCc1cc(Cl)ccc1Br. The molecule has 0 aliphatic carbocycles. The molecule has 0 aliphatic rings. The molecule has 0 fully saturated rings. The van der Waals surface area contributed by atoms with Gasteiger partial charge in [0.25, 0.3) is 0 Å². The fourth-order valence-corrected chi connectivity index (χ4v) is 1.68. The Hall–Kier alpha value is -0.0900. The summed E-state index contributed by atoms with van der Waals surface area (Å²) >= 11 is 9.30. The first-order valence-corrected chi connectivity index (χ1v) is 5.59. The smallest absolute Gasteiger partial charge is 0.0636 e. The van der Waals surface area contributed by atoms with E-state index in [1.165, 1.54) is 0 Å². The van der Waals surface area contributed by atoms with Gasteiger partial charge in [0, 0.05) is 22.6 Å². The fourth-order valence-electron chi connectivity index (χ4n) is 1.09. The molecule has 0 amide bonds. The molecule has 1 aromatic rings. The van der Waals surface area contributed by atoms with Crippen LogP contribution >= 0.6 is 27.5 Å². The van der Waals surface area contributed by atoms with Gasteiger partial charge in [-0.3, -0.25) is 0 Å². The summed E-state index contributed by atoms with van der Waals surface area (Å²) in [5.74, 6) is 0. The van der Waals surface area contributed by atoms with Crippen LogP contribution in [0.25, 0.3) is 0 Å². The monoisotopic (exact) mass is 277 g/mol. The molecule has 1 aromatic carbocycles. The zero-order valence-corrected chi connectivity index (χ0v) is 10.3. The summed E-state index contributed by atoms with van der Waals surface area (Å²) in [6, 6.07) is 5.66. The van der Waals surface area contributed by atoms with Gasteiger partial charge in [0.15, 0.2) is 0 Å². The second kappa shape index (κ2) is 5.71. The van der Waals surface area contributed by atoms with Gasteiger partial charge in [0.2, 0.25) is 0 Å². The van der Waals surface area contributed by atoms with Crippen LogP contribution in [0, 0.1) is 0 Å². The number of nitrogens with one attached hydrogen (secondary N) is 1. The van der Waals surface area contributed by atoms with Gasteiger partial charge < -0.3 is 10.4 Å². The van der Waals surface area contributed by atoms with Crippen LogP contribution in [0.3, 0.4) is 0 Å². The van der Waals surface area contributed by atoms with Gasteiger partial charge in [-0.2, -0.15) is 0 Å². The molecule has 0 spiro atoms. The highest BCUT2D eigenvalue weighted by Crippen LogP contribution is 2.20. The summed E-state index contributed by atoms with van der Waals surface area (Å²) in [6.07, 6.45) is -0.326. The molecule has 0 unspecified atom stereocenters. The highest BCUT2D eigenvalue weighted by Gasteiger charge is 2.01. The maximum absolute atomic E-state index is 9.05. The van der Waals surface area contributed by atoms with Crippen LogP contribution in [0.2, 0.25) is 5.02 Å². The maximum atomic E-state index is 9.05. The molecule has 0 bridgehead atoms. The first kappa shape index (κ1) is 12.0. The lowest BCUT2D eigenvalue weighted by Crippen LogP contribution is -2.23. The lowest BCUT2D eigenvalue weighted by atomic mass is 10.2. The van der Waals surface area contributed by atoms with Gasteiger partial charge in [-0.25, -0.2) is 0 Å². The van der Waals surface area contributed by atoms with E-state index in [0.717, 1.165) is 15.1 Å². The summed E-state index contributed by atoms with van der Waals surface area (Å²) in [5, 5.41) is 12.9. The Morgan fingerprint density at radius 2 is 2.29 bits per heavy atom. The van der Waals surface area contributed by atoms with E-state index in [4.69, 9.17) is 16.7 Å².